The van der Waals surface area contributed by atoms with Crippen LogP contribution in [0.3, 0.4) is 0 Å². The van der Waals surface area contributed by atoms with Crippen molar-refractivity contribution in [3.8, 4) is 11.5 Å². The monoisotopic (exact) mass is 242 g/mol. The molecule has 0 spiro atoms. The zero-order valence-corrected chi connectivity index (χ0v) is 9.92. The Morgan fingerprint density at radius 2 is 1.88 bits per heavy atom. The van der Waals surface area contributed by atoms with Gasteiger partial charge in [-0.1, -0.05) is 11.6 Å². The molecule has 0 aliphatic carbocycles. The normalized spacial score (nSPS) is 9.75. The highest BCUT2D eigenvalue weighted by molar-refractivity contribution is 6.34. The summed E-state index contributed by atoms with van der Waals surface area (Å²) in [4.78, 5) is 22.2. The standard InChI is InChI=1S/C11H11ClO4/c1-6(14)7-4-9(12)8(5-13)11(16-3)10(7)15-2/h4-5H,1-3H3. The first-order chi connectivity index (χ1) is 7.56. The number of ketones is 1. The summed E-state index contributed by atoms with van der Waals surface area (Å²) in [6.07, 6.45) is 0.563. The summed E-state index contributed by atoms with van der Waals surface area (Å²) in [5.41, 5.74) is 0.459. The number of hydrogen-bond acceptors (Lipinski definition) is 4. The van der Waals surface area contributed by atoms with Gasteiger partial charge in [-0.25, -0.2) is 0 Å². The Balaban J connectivity index is 3.63. The third kappa shape index (κ3) is 2.02. The van der Waals surface area contributed by atoms with Crippen LogP contribution in [0.15, 0.2) is 6.07 Å². The fraction of sp³-hybridized carbons (Fsp3) is 0.273. The Hall–Kier alpha value is -1.55. The summed E-state index contributed by atoms with van der Waals surface area (Å²) in [5, 5.41) is 0.165. The number of benzene rings is 1. The van der Waals surface area contributed by atoms with Crippen LogP contribution in [-0.2, 0) is 0 Å². The summed E-state index contributed by atoms with van der Waals surface area (Å²) in [6.45, 7) is 1.38. The van der Waals surface area contributed by atoms with Gasteiger partial charge in [0.1, 0.15) is 0 Å². The molecule has 0 aliphatic rings. The maximum atomic E-state index is 11.4. The molecule has 0 bridgehead atoms. The quantitative estimate of drug-likeness (QED) is 0.601. The van der Waals surface area contributed by atoms with Gasteiger partial charge >= 0.3 is 0 Å². The molecule has 0 saturated heterocycles. The maximum absolute atomic E-state index is 11.4. The minimum Gasteiger partial charge on any atom is -0.492 e. The van der Waals surface area contributed by atoms with Crippen LogP contribution in [0, 0.1) is 0 Å². The molecule has 1 aromatic carbocycles. The highest BCUT2D eigenvalue weighted by Crippen LogP contribution is 2.38. The predicted molar refractivity (Wildman–Crippen MR) is 59.9 cm³/mol. The van der Waals surface area contributed by atoms with Crippen LogP contribution in [-0.4, -0.2) is 26.3 Å². The number of Topliss-reactive ketones (excluding diaryl/α,β-unsaturated/α-hetero) is 1. The van der Waals surface area contributed by atoms with Crippen LogP contribution in [0.5, 0.6) is 11.5 Å². The van der Waals surface area contributed by atoms with Gasteiger partial charge in [-0.3, -0.25) is 9.59 Å². The molecule has 4 nitrogen and oxygen atoms in total. The fourth-order valence-electron chi connectivity index (χ4n) is 1.40. The van der Waals surface area contributed by atoms with Gasteiger partial charge in [-0.05, 0) is 13.0 Å². The molecule has 16 heavy (non-hydrogen) atoms. The predicted octanol–water partition coefficient (Wildman–Crippen LogP) is 2.37. The van der Waals surface area contributed by atoms with Gasteiger partial charge in [-0.2, -0.15) is 0 Å². The van der Waals surface area contributed by atoms with E-state index < -0.39 is 0 Å². The molecular formula is C11H11ClO4. The fourth-order valence-corrected chi connectivity index (χ4v) is 1.64. The average Bonchev–Trinajstić information content (AvgIpc) is 2.27. The van der Waals surface area contributed by atoms with E-state index in [0.29, 0.717) is 6.29 Å². The van der Waals surface area contributed by atoms with Crippen LogP contribution in [0.25, 0.3) is 0 Å². The molecule has 0 aliphatic heterocycles. The summed E-state index contributed by atoms with van der Waals surface area (Å²) < 4.78 is 10.1. The molecule has 1 aromatic rings. The molecule has 0 unspecified atom stereocenters. The van der Waals surface area contributed by atoms with Crippen LogP contribution >= 0.6 is 11.6 Å². The van der Waals surface area contributed by atoms with E-state index >= 15 is 0 Å². The highest BCUT2D eigenvalue weighted by Gasteiger charge is 2.20. The third-order valence-electron chi connectivity index (χ3n) is 2.13. The molecule has 86 valence electrons. The lowest BCUT2D eigenvalue weighted by molar-refractivity contribution is 0.101. The highest BCUT2D eigenvalue weighted by atomic mass is 35.5. The summed E-state index contributed by atoms with van der Waals surface area (Å²) in [5.74, 6) is 0.186. The zero-order valence-electron chi connectivity index (χ0n) is 9.17. The van der Waals surface area contributed by atoms with Crippen LogP contribution < -0.4 is 9.47 Å². The molecule has 0 amide bonds. The molecule has 0 radical (unpaired) electrons. The van der Waals surface area contributed by atoms with E-state index in [1.807, 2.05) is 0 Å². The largest absolute Gasteiger partial charge is 0.492 e. The second-order valence-corrected chi connectivity index (χ2v) is 3.47. The summed E-state index contributed by atoms with van der Waals surface area (Å²) >= 11 is 5.87. The topological polar surface area (TPSA) is 52.6 Å². The van der Waals surface area contributed by atoms with Crippen molar-refractivity contribution in [3.63, 3.8) is 0 Å². The molecule has 0 atom stereocenters. The molecule has 0 heterocycles. The Morgan fingerprint density at radius 1 is 1.31 bits per heavy atom. The maximum Gasteiger partial charge on any atom is 0.173 e. The Labute approximate surface area is 98.1 Å². The van der Waals surface area contributed by atoms with E-state index in [1.54, 1.807) is 0 Å². The van der Waals surface area contributed by atoms with Crippen molar-refractivity contribution in [3.05, 3.63) is 22.2 Å². The van der Waals surface area contributed by atoms with E-state index in [0.717, 1.165) is 0 Å². The van der Waals surface area contributed by atoms with Crippen LogP contribution in [0.1, 0.15) is 27.6 Å². The second-order valence-electron chi connectivity index (χ2n) is 3.06. The molecular weight excluding hydrogens is 232 g/mol. The van der Waals surface area contributed by atoms with E-state index in [4.69, 9.17) is 21.1 Å². The molecule has 0 aromatic heterocycles. The van der Waals surface area contributed by atoms with Crippen LogP contribution in [0.4, 0.5) is 0 Å². The number of carbonyl (C=O) groups excluding carboxylic acids is 2. The number of aldehydes is 1. The third-order valence-corrected chi connectivity index (χ3v) is 2.44. The number of ether oxygens (including phenoxy) is 2. The lowest BCUT2D eigenvalue weighted by Gasteiger charge is -2.14. The first-order valence-corrected chi connectivity index (χ1v) is 4.85. The van der Waals surface area contributed by atoms with Crippen LogP contribution in [0.2, 0.25) is 5.02 Å². The van der Waals surface area contributed by atoms with Gasteiger partial charge in [0.15, 0.2) is 23.6 Å². The van der Waals surface area contributed by atoms with Gasteiger partial charge in [0.2, 0.25) is 0 Å². The Morgan fingerprint density at radius 3 is 2.25 bits per heavy atom. The van der Waals surface area contributed by atoms with Gasteiger partial charge in [-0.15, -0.1) is 0 Å². The second kappa shape index (κ2) is 4.99. The Bertz CT molecular complexity index is 440. The van der Waals surface area contributed by atoms with Gasteiger partial charge < -0.3 is 9.47 Å². The molecule has 1 rings (SSSR count). The zero-order chi connectivity index (χ0) is 12.3. The number of halogens is 1. The minimum absolute atomic E-state index is 0.165. The summed E-state index contributed by atoms with van der Waals surface area (Å²) in [7, 11) is 2.78. The Kier molecular flexibility index (Phi) is 3.90. The molecule has 0 N–H and O–H groups in total. The molecule has 0 saturated carbocycles. The van der Waals surface area contributed by atoms with Crippen molar-refractivity contribution >= 4 is 23.7 Å². The van der Waals surface area contributed by atoms with Crippen molar-refractivity contribution in [1.82, 2.24) is 0 Å². The van der Waals surface area contributed by atoms with Crippen molar-refractivity contribution < 1.29 is 19.1 Å². The average molecular weight is 243 g/mol. The smallest absolute Gasteiger partial charge is 0.173 e. The lowest BCUT2D eigenvalue weighted by Crippen LogP contribution is -2.03. The van der Waals surface area contributed by atoms with Crippen molar-refractivity contribution in [2.24, 2.45) is 0 Å². The summed E-state index contributed by atoms with van der Waals surface area (Å²) in [6, 6.07) is 1.40. The molecule has 0 fully saturated rings. The van der Waals surface area contributed by atoms with E-state index in [-0.39, 0.29) is 33.4 Å². The lowest BCUT2D eigenvalue weighted by atomic mass is 10.1. The first kappa shape index (κ1) is 12.5. The van der Waals surface area contributed by atoms with E-state index in [9.17, 15) is 9.59 Å². The SMILES string of the molecule is COc1c(C(C)=O)cc(Cl)c(C=O)c1OC. The van der Waals surface area contributed by atoms with E-state index in [1.165, 1.54) is 27.2 Å². The number of methoxy groups -OCH3 is 2. The number of hydrogen-bond donors (Lipinski definition) is 0. The molecule has 5 heteroatoms. The van der Waals surface area contributed by atoms with Crippen molar-refractivity contribution in [2.75, 3.05) is 14.2 Å². The van der Waals surface area contributed by atoms with Crippen molar-refractivity contribution in [1.29, 1.82) is 0 Å². The minimum atomic E-state index is -0.213. The van der Waals surface area contributed by atoms with E-state index in [2.05, 4.69) is 0 Å². The van der Waals surface area contributed by atoms with Gasteiger partial charge in [0.25, 0.3) is 0 Å². The number of rotatable bonds is 4. The number of carbonyl (C=O) groups is 2. The first-order valence-electron chi connectivity index (χ1n) is 4.47. The van der Waals surface area contributed by atoms with Gasteiger partial charge in [0.05, 0.1) is 30.4 Å². The van der Waals surface area contributed by atoms with Crippen molar-refractivity contribution in [2.45, 2.75) is 6.92 Å². The van der Waals surface area contributed by atoms with Gasteiger partial charge in [0, 0.05) is 0 Å².